The van der Waals surface area contributed by atoms with Crippen LogP contribution in [0.3, 0.4) is 0 Å². The maximum Gasteiger partial charge on any atom is 0.328 e. The van der Waals surface area contributed by atoms with E-state index < -0.39 is 41.9 Å². The minimum absolute atomic E-state index is 0.0827. The van der Waals surface area contributed by atoms with Crippen LogP contribution in [0.15, 0.2) is 34.7 Å². The van der Waals surface area contributed by atoms with Gasteiger partial charge in [-0.25, -0.2) is 9.59 Å². The van der Waals surface area contributed by atoms with Gasteiger partial charge in [-0.1, -0.05) is 45.9 Å². The quantitative estimate of drug-likeness (QED) is 0.371. The van der Waals surface area contributed by atoms with Crippen molar-refractivity contribution in [1.82, 2.24) is 20.9 Å². The highest BCUT2D eigenvalue weighted by Gasteiger charge is 2.35. The molecule has 0 saturated carbocycles. The molecular weight excluding hydrogens is 528 g/mol. The number of rotatable bonds is 10. The van der Waals surface area contributed by atoms with Crippen molar-refractivity contribution >= 4 is 40.6 Å². The van der Waals surface area contributed by atoms with Gasteiger partial charge in [0.15, 0.2) is 11.5 Å². The molecule has 2 unspecified atom stereocenters. The normalized spacial score (nSPS) is 19.0. The van der Waals surface area contributed by atoms with Crippen molar-refractivity contribution in [1.29, 1.82) is 0 Å². The molecule has 0 radical (unpaired) electrons. The van der Waals surface area contributed by atoms with Gasteiger partial charge in [0.2, 0.25) is 5.91 Å². The molecular formula is C30H42N4O7. The Balaban J connectivity index is 1.67. The van der Waals surface area contributed by atoms with E-state index in [9.17, 15) is 24.0 Å². The predicted molar refractivity (Wildman–Crippen MR) is 153 cm³/mol. The third kappa shape index (κ3) is 8.55. The first kappa shape index (κ1) is 31.6. The van der Waals surface area contributed by atoms with Crippen LogP contribution in [0.2, 0.25) is 0 Å². The number of nitrogens with one attached hydrogen (secondary N) is 3. The monoisotopic (exact) mass is 570 g/mol. The third-order valence-corrected chi connectivity index (χ3v) is 7.17. The lowest BCUT2D eigenvalue weighted by molar-refractivity contribution is -0.143. The van der Waals surface area contributed by atoms with Crippen molar-refractivity contribution in [3.05, 3.63) is 36.1 Å². The number of esters is 1. The first-order valence-corrected chi connectivity index (χ1v) is 14.2. The Morgan fingerprint density at radius 1 is 1.00 bits per heavy atom. The molecule has 11 heteroatoms. The SMILES string of the molecule is COC(=O)C(CC(C)C)NC(=O)N1CC(=O)[C@@H](NC(=O)C(CC(C)C)NC(=O)c2cc3ccccc3o2)CC[C@H]1C. The number of ketones is 1. The van der Waals surface area contributed by atoms with E-state index >= 15 is 0 Å². The molecule has 0 bridgehead atoms. The molecule has 4 amide bonds. The summed E-state index contributed by atoms with van der Waals surface area (Å²) in [6.07, 6.45) is 1.53. The van der Waals surface area contributed by atoms with Crippen LogP contribution >= 0.6 is 0 Å². The number of amides is 4. The number of fused-ring (bicyclic) bond motifs is 1. The van der Waals surface area contributed by atoms with Crippen molar-refractivity contribution in [2.75, 3.05) is 13.7 Å². The van der Waals surface area contributed by atoms with Gasteiger partial charge in [0.25, 0.3) is 5.91 Å². The molecule has 1 fully saturated rings. The van der Waals surface area contributed by atoms with Crippen molar-refractivity contribution in [3.8, 4) is 0 Å². The molecule has 11 nitrogen and oxygen atoms in total. The molecule has 1 saturated heterocycles. The number of methoxy groups -OCH3 is 1. The fraction of sp³-hybridized carbons (Fsp3) is 0.567. The minimum atomic E-state index is -0.888. The summed E-state index contributed by atoms with van der Waals surface area (Å²) in [5.41, 5.74) is 0.566. The number of carbonyl (C=O) groups excluding carboxylic acids is 5. The lowest BCUT2D eigenvalue weighted by Gasteiger charge is -2.29. The van der Waals surface area contributed by atoms with E-state index in [0.717, 1.165) is 5.39 Å². The Labute approximate surface area is 240 Å². The van der Waals surface area contributed by atoms with E-state index in [2.05, 4.69) is 16.0 Å². The van der Waals surface area contributed by atoms with E-state index in [0.29, 0.717) is 31.3 Å². The van der Waals surface area contributed by atoms with E-state index in [1.54, 1.807) is 18.2 Å². The summed E-state index contributed by atoms with van der Waals surface area (Å²) in [7, 11) is 1.26. The highest BCUT2D eigenvalue weighted by atomic mass is 16.5. The zero-order valence-electron chi connectivity index (χ0n) is 24.7. The molecule has 224 valence electrons. The molecule has 4 atom stereocenters. The van der Waals surface area contributed by atoms with Crippen LogP contribution in [0.5, 0.6) is 0 Å². The number of Topliss-reactive ketones (excluding diaryl/α,β-unsaturated/α-hetero) is 1. The minimum Gasteiger partial charge on any atom is -0.467 e. The number of likely N-dealkylation sites (tertiary alicyclic amines) is 1. The van der Waals surface area contributed by atoms with E-state index in [4.69, 9.17) is 9.15 Å². The Kier molecular flexibility index (Phi) is 10.9. The molecule has 1 aromatic carbocycles. The maximum atomic E-state index is 13.3. The van der Waals surface area contributed by atoms with E-state index in [1.165, 1.54) is 12.0 Å². The largest absolute Gasteiger partial charge is 0.467 e. The van der Waals surface area contributed by atoms with Gasteiger partial charge in [0.05, 0.1) is 19.7 Å². The zero-order chi connectivity index (χ0) is 30.3. The Hall–Kier alpha value is -3.89. The van der Waals surface area contributed by atoms with Gasteiger partial charge in [-0.05, 0) is 56.6 Å². The van der Waals surface area contributed by atoms with Gasteiger partial charge in [0.1, 0.15) is 17.7 Å². The van der Waals surface area contributed by atoms with Crippen LogP contribution in [-0.4, -0.2) is 72.3 Å². The molecule has 1 aliphatic rings. The number of nitrogens with zero attached hydrogens (tertiary/aromatic N) is 1. The van der Waals surface area contributed by atoms with Gasteiger partial charge in [-0.15, -0.1) is 0 Å². The highest BCUT2D eigenvalue weighted by molar-refractivity contribution is 6.00. The fourth-order valence-corrected chi connectivity index (χ4v) is 4.94. The van der Waals surface area contributed by atoms with Crippen molar-refractivity contribution in [2.45, 2.75) is 84.5 Å². The smallest absolute Gasteiger partial charge is 0.328 e. The number of ether oxygens (including phenoxy) is 1. The molecule has 41 heavy (non-hydrogen) atoms. The molecule has 3 N–H and O–H groups in total. The third-order valence-electron chi connectivity index (χ3n) is 7.17. The average molecular weight is 571 g/mol. The first-order chi connectivity index (χ1) is 19.4. The van der Waals surface area contributed by atoms with Crippen LogP contribution in [0.4, 0.5) is 4.79 Å². The highest BCUT2D eigenvalue weighted by Crippen LogP contribution is 2.20. The van der Waals surface area contributed by atoms with Crippen molar-refractivity contribution in [3.63, 3.8) is 0 Å². The van der Waals surface area contributed by atoms with Crippen LogP contribution in [0, 0.1) is 11.8 Å². The number of para-hydroxylation sites is 1. The van der Waals surface area contributed by atoms with Crippen LogP contribution in [0.25, 0.3) is 11.0 Å². The number of urea groups is 1. The molecule has 3 rings (SSSR count). The maximum absolute atomic E-state index is 13.3. The summed E-state index contributed by atoms with van der Waals surface area (Å²) in [4.78, 5) is 66.2. The summed E-state index contributed by atoms with van der Waals surface area (Å²) >= 11 is 0. The molecule has 2 heterocycles. The van der Waals surface area contributed by atoms with Crippen molar-refractivity contribution in [2.24, 2.45) is 11.8 Å². The van der Waals surface area contributed by atoms with Crippen molar-refractivity contribution < 1.29 is 33.1 Å². The second kappa shape index (κ2) is 14.1. The Morgan fingerprint density at radius 3 is 2.29 bits per heavy atom. The van der Waals surface area contributed by atoms with Gasteiger partial charge in [-0.2, -0.15) is 0 Å². The van der Waals surface area contributed by atoms with E-state index in [1.807, 2.05) is 46.8 Å². The number of furan rings is 1. The Bertz CT molecular complexity index is 1220. The molecule has 0 aliphatic carbocycles. The fourth-order valence-electron chi connectivity index (χ4n) is 4.94. The summed E-state index contributed by atoms with van der Waals surface area (Å²) in [6, 6.07) is 5.46. The number of hydrogen-bond donors (Lipinski definition) is 3. The van der Waals surface area contributed by atoms with E-state index in [-0.39, 0.29) is 36.0 Å². The van der Waals surface area contributed by atoms with Crippen LogP contribution in [0.1, 0.15) is 70.9 Å². The van der Waals surface area contributed by atoms with Crippen LogP contribution in [-0.2, 0) is 19.1 Å². The molecule has 2 aromatic rings. The van der Waals surface area contributed by atoms with Gasteiger partial charge in [0, 0.05) is 11.4 Å². The molecule has 1 aromatic heterocycles. The summed E-state index contributed by atoms with van der Waals surface area (Å²) < 4.78 is 10.5. The topological polar surface area (TPSA) is 147 Å². The lowest BCUT2D eigenvalue weighted by atomic mass is 10.0. The summed E-state index contributed by atoms with van der Waals surface area (Å²) in [6.45, 7) is 9.32. The zero-order valence-corrected chi connectivity index (χ0v) is 24.7. The predicted octanol–water partition coefficient (Wildman–Crippen LogP) is 3.41. The number of benzene rings is 1. The second-order valence-electron chi connectivity index (χ2n) is 11.5. The standard InChI is InChI=1S/C30H42N4O7/c1-17(2)13-22(32-28(37)26-15-20-9-7-8-10-25(20)41-26)27(36)31-21-12-11-19(5)34(16-24(21)35)30(39)33-23(14-18(3)4)29(38)40-6/h7-10,15,17-19,21-23H,11-14,16H2,1-6H3,(H,31,36)(H,32,37)(H,33,39)/t19-,21+,22?,23?/m1/s1. The second-order valence-corrected chi connectivity index (χ2v) is 11.5. The van der Waals surface area contributed by atoms with Gasteiger partial charge < -0.3 is 30.0 Å². The number of carbonyl (C=O) groups is 5. The van der Waals surface area contributed by atoms with Gasteiger partial charge >= 0.3 is 12.0 Å². The first-order valence-electron chi connectivity index (χ1n) is 14.2. The Morgan fingerprint density at radius 2 is 1.66 bits per heavy atom. The van der Waals surface area contributed by atoms with Crippen LogP contribution < -0.4 is 16.0 Å². The lowest BCUT2D eigenvalue weighted by Crippen LogP contribution is -2.54. The summed E-state index contributed by atoms with van der Waals surface area (Å²) in [5, 5.41) is 9.05. The summed E-state index contributed by atoms with van der Waals surface area (Å²) in [5.74, 6) is -1.57. The molecule has 0 spiro atoms. The number of hydrogen-bond acceptors (Lipinski definition) is 7. The molecule has 1 aliphatic heterocycles. The average Bonchev–Trinajstić information content (AvgIpc) is 3.30. The van der Waals surface area contributed by atoms with Gasteiger partial charge in [-0.3, -0.25) is 14.4 Å².